The fourth-order valence-corrected chi connectivity index (χ4v) is 3.43. The zero-order valence-corrected chi connectivity index (χ0v) is 17.5. The molecule has 0 aliphatic carbocycles. The summed E-state index contributed by atoms with van der Waals surface area (Å²) in [5.74, 6) is 0.700. The Kier molecular flexibility index (Phi) is 8.92. The molecule has 2 rings (SSSR count). The van der Waals surface area contributed by atoms with Gasteiger partial charge in [-0.3, -0.25) is 0 Å². The second-order valence-electron chi connectivity index (χ2n) is 7.72. The van der Waals surface area contributed by atoms with Gasteiger partial charge in [0.05, 0.1) is 12.7 Å². The summed E-state index contributed by atoms with van der Waals surface area (Å²) in [7, 11) is 4.12. The zero-order chi connectivity index (χ0) is 20.7. The van der Waals surface area contributed by atoms with Crippen molar-refractivity contribution in [2.75, 3.05) is 27.2 Å². The highest BCUT2D eigenvalue weighted by atomic mass is 16.7. The zero-order valence-electron chi connectivity index (χ0n) is 17.5. The predicted octanol–water partition coefficient (Wildman–Crippen LogP) is 2.34. The quantitative estimate of drug-likeness (QED) is 0.597. The van der Waals surface area contributed by atoms with Crippen molar-refractivity contribution in [3.8, 4) is 5.75 Å². The Morgan fingerprint density at radius 1 is 1.32 bits per heavy atom. The first-order valence-corrected chi connectivity index (χ1v) is 10.1. The molecule has 0 saturated carbocycles. The highest BCUT2D eigenvalue weighted by molar-refractivity contribution is 5.73. The van der Waals surface area contributed by atoms with Crippen molar-refractivity contribution < 1.29 is 24.8 Å². The van der Waals surface area contributed by atoms with Crippen molar-refractivity contribution in [3.05, 3.63) is 35.4 Å². The van der Waals surface area contributed by atoms with E-state index in [1.165, 1.54) is 5.57 Å². The summed E-state index contributed by atoms with van der Waals surface area (Å²) >= 11 is 0. The maximum absolute atomic E-state index is 10.1. The average Bonchev–Trinajstić information content (AvgIpc) is 2.65. The maximum atomic E-state index is 10.1. The van der Waals surface area contributed by atoms with Crippen molar-refractivity contribution in [1.82, 2.24) is 4.90 Å². The molecule has 1 unspecified atom stereocenters. The van der Waals surface area contributed by atoms with E-state index in [0.717, 1.165) is 36.9 Å². The van der Waals surface area contributed by atoms with E-state index in [0.29, 0.717) is 5.75 Å². The number of aliphatic hydroxyl groups is 3. The molecule has 0 aromatic heterocycles. The van der Waals surface area contributed by atoms with Crippen molar-refractivity contribution in [3.63, 3.8) is 0 Å². The second kappa shape index (κ2) is 10.9. The third kappa shape index (κ3) is 6.03. The fourth-order valence-electron chi connectivity index (χ4n) is 3.43. The van der Waals surface area contributed by atoms with Crippen LogP contribution in [0.15, 0.2) is 24.3 Å². The van der Waals surface area contributed by atoms with Crippen LogP contribution in [-0.2, 0) is 4.74 Å². The Bertz CT molecular complexity index is 646. The summed E-state index contributed by atoms with van der Waals surface area (Å²) in [5, 5.41) is 29.4. The molecule has 3 N–H and O–H groups in total. The standard InChI is InChI=1S/C22H35NO5/c1-5-6-9-16(11-12-23(3)4)21-15(2)8-7-10-18(21)27-20-13-17(25)22(26)19(14-24)28-20/h7-10,17,19-20,22,24-26H,5-6,11-14H2,1-4H3/b16-9-/t17-,19-,20?,22+/m1/s1. The number of hydrogen-bond donors (Lipinski definition) is 3. The number of aryl methyl sites for hydroxylation is 1. The van der Waals surface area contributed by atoms with E-state index in [1.54, 1.807) is 0 Å². The van der Waals surface area contributed by atoms with Crippen LogP contribution in [0.3, 0.4) is 0 Å². The minimum atomic E-state index is -1.11. The minimum Gasteiger partial charge on any atom is -0.464 e. The number of benzene rings is 1. The number of rotatable bonds is 9. The number of hydrogen-bond acceptors (Lipinski definition) is 6. The number of allylic oxidation sites excluding steroid dienone is 1. The lowest BCUT2D eigenvalue weighted by molar-refractivity contribution is -0.230. The summed E-state index contributed by atoms with van der Waals surface area (Å²) in [6.45, 7) is 4.78. The predicted molar refractivity (Wildman–Crippen MR) is 110 cm³/mol. The smallest absolute Gasteiger partial charge is 0.202 e. The lowest BCUT2D eigenvalue weighted by Crippen LogP contribution is -2.51. The number of ether oxygens (including phenoxy) is 2. The van der Waals surface area contributed by atoms with Gasteiger partial charge in [0.2, 0.25) is 6.29 Å². The molecule has 0 radical (unpaired) electrons. The first-order chi connectivity index (χ1) is 13.4. The molecule has 28 heavy (non-hydrogen) atoms. The van der Waals surface area contributed by atoms with E-state index in [4.69, 9.17) is 9.47 Å². The third-order valence-electron chi connectivity index (χ3n) is 5.04. The molecule has 1 aliphatic rings. The van der Waals surface area contributed by atoms with Crippen molar-refractivity contribution >= 4 is 5.57 Å². The number of unbranched alkanes of at least 4 members (excludes halogenated alkanes) is 1. The minimum absolute atomic E-state index is 0.150. The summed E-state index contributed by atoms with van der Waals surface area (Å²) in [4.78, 5) is 2.16. The Morgan fingerprint density at radius 2 is 2.07 bits per heavy atom. The molecular weight excluding hydrogens is 358 g/mol. The lowest BCUT2D eigenvalue weighted by Gasteiger charge is -2.36. The van der Waals surface area contributed by atoms with E-state index in [1.807, 2.05) is 12.1 Å². The van der Waals surface area contributed by atoms with E-state index in [9.17, 15) is 15.3 Å². The molecule has 1 aromatic rings. The molecule has 158 valence electrons. The SMILES string of the molecule is CCC/C=C(/CCN(C)C)c1c(C)cccc1OC1C[C@@H](O)[C@H](O)[C@@H](CO)O1. The Hall–Kier alpha value is -1.44. The topological polar surface area (TPSA) is 82.4 Å². The van der Waals surface area contributed by atoms with E-state index >= 15 is 0 Å². The normalized spacial score (nSPS) is 25.9. The van der Waals surface area contributed by atoms with Gasteiger partial charge in [0.1, 0.15) is 18.0 Å². The van der Waals surface area contributed by atoms with Crippen LogP contribution in [0.25, 0.3) is 5.57 Å². The molecule has 0 amide bonds. The molecular formula is C22H35NO5. The lowest BCUT2D eigenvalue weighted by atomic mass is 9.95. The molecule has 6 heteroatoms. The monoisotopic (exact) mass is 393 g/mol. The molecule has 1 saturated heterocycles. The Morgan fingerprint density at radius 3 is 2.71 bits per heavy atom. The van der Waals surface area contributed by atoms with E-state index in [-0.39, 0.29) is 13.0 Å². The van der Waals surface area contributed by atoms with Crippen LogP contribution in [0.1, 0.15) is 43.7 Å². The molecule has 6 nitrogen and oxygen atoms in total. The fraction of sp³-hybridized carbons (Fsp3) is 0.636. The van der Waals surface area contributed by atoms with E-state index < -0.39 is 24.6 Å². The molecule has 0 bridgehead atoms. The Labute approximate surface area is 168 Å². The first kappa shape index (κ1) is 22.8. The molecule has 1 heterocycles. The summed E-state index contributed by atoms with van der Waals surface area (Å²) in [6, 6.07) is 5.91. The van der Waals surface area contributed by atoms with Gasteiger partial charge in [-0.2, -0.15) is 0 Å². The van der Waals surface area contributed by atoms with Crippen LogP contribution in [0.4, 0.5) is 0 Å². The first-order valence-electron chi connectivity index (χ1n) is 10.1. The van der Waals surface area contributed by atoms with Gasteiger partial charge in [-0.25, -0.2) is 0 Å². The molecule has 1 aromatic carbocycles. The second-order valence-corrected chi connectivity index (χ2v) is 7.72. The van der Waals surface area contributed by atoms with Crippen molar-refractivity contribution in [2.24, 2.45) is 0 Å². The van der Waals surface area contributed by atoms with E-state index in [2.05, 4.69) is 45.0 Å². The summed E-state index contributed by atoms with van der Waals surface area (Å²) in [6.07, 6.45) is 1.71. The summed E-state index contributed by atoms with van der Waals surface area (Å²) in [5.41, 5.74) is 3.41. The van der Waals surface area contributed by atoms with Gasteiger partial charge < -0.3 is 29.7 Å². The van der Waals surface area contributed by atoms with Gasteiger partial charge in [-0.15, -0.1) is 0 Å². The molecule has 4 atom stereocenters. The molecule has 1 fully saturated rings. The van der Waals surface area contributed by atoms with Crippen LogP contribution >= 0.6 is 0 Å². The average molecular weight is 394 g/mol. The van der Waals surface area contributed by atoms with Gasteiger partial charge in [0.15, 0.2) is 0 Å². The van der Waals surface area contributed by atoms with Gasteiger partial charge in [-0.1, -0.05) is 31.6 Å². The number of nitrogens with zero attached hydrogens (tertiary/aromatic N) is 1. The summed E-state index contributed by atoms with van der Waals surface area (Å²) < 4.78 is 11.8. The third-order valence-corrected chi connectivity index (χ3v) is 5.04. The van der Waals surface area contributed by atoms with Gasteiger partial charge in [0.25, 0.3) is 0 Å². The largest absolute Gasteiger partial charge is 0.464 e. The van der Waals surface area contributed by atoms with Crippen LogP contribution in [0.2, 0.25) is 0 Å². The maximum Gasteiger partial charge on any atom is 0.202 e. The number of aliphatic hydroxyl groups excluding tert-OH is 3. The van der Waals surface area contributed by atoms with Gasteiger partial charge >= 0.3 is 0 Å². The van der Waals surface area contributed by atoms with Gasteiger partial charge in [-0.05, 0) is 51.1 Å². The highest BCUT2D eigenvalue weighted by Gasteiger charge is 2.37. The van der Waals surface area contributed by atoms with Crippen LogP contribution in [0, 0.1) is 6.92 Å². The van der Waals surface area contributed by atoms with Crippen LogP contribution in [0.5, 0.6) is 5.75 Å². The van der Waals surface area contributed by atoms with Crippen molar-refractivity contribution in [1.29, 1.82) is 0 Å². The van der Waals surface area contributed by atoms with Crippen LogP contribution in [-0.4, -0.2) is 72.1 Å². The molecule has 1 aliphatic heterocycles. The molecule has 0 spiro atoms. The van der Waals surface area contributed by atoms with Crippen LogP contribution < -0.4 is 4.74 Å². The van der Waals surface area contributed by atoms with Crippen molar-refractivity contribution in [2.45, 2.75) is 64.1 Å². The Balaban J connectivity index is 2.29. The highest BCUT2D eigenvalue weighted by Crippen LogP contribution is 2.34. The van der Waals surface area contributed by atoms with Gasteiger partial charge in [0, 0.05) is 18.5 Å².